The minimum atomic E-state index is 0. The summed E-state index contributed by atoms with van der Waals surface area (Å²) in [7, 11) is 0. The van der Waals surface area contributed by atoms with Crippen LogP contribution in [0.15, 0.2) is 35.3 Å². The van der Waals surface area contributed by atoms with E-state index in [1.165, 1.54) is 5.56 Å². The summed E-state index contributed by atoms with van der Waals surface area (Å²) < 4.78 is 11.3. The highest BCUT2D eigenvalue weighted by Gasteiger charge is 2.24. The number of aliphatic imine (C=N–C) groups is 1. The number of guanidine groups is 1. The summed E-state index contributed by atoms with van der Waals surface area (Å²) in [6, 6.07) is 10.4. The molecule has 1 saturated heterocycles. The normalized spacial score (nSPS) is 17.2. The number of hydrogen-bond donors (Lipinski definition) is 1. The van der Waals surface area contributed by atoms with Gasteiger partial charge in [-0.15, -0.1) is 24.0 Å². The molecule has 1 aliphatic rings. The fourth-order valence-corrected chi connectivity index (χ4v) is 3.00. The van der Waals surface area contributed by atoms with Crippen molar-refractivity contribution in [3.8, 4) is 0 Å². The number of benzene rings is 1. The minimum absolute atomic E-state index is 0. The van der Waals surface area contributed by atoms with E-state index in [-0.39, 0.29) is 24.0 Å². The van der Waals surface area contributed by atoms with Gasteiger partial charge in [-0.3, -0.25) is 4.99 Å². The lowest BCUT2D eigenvalue weighted by atomic mass is 10.1. The Morgan fingerprint density at radius 1 is 1.23 bits per heavy atom. The summed E-state index contributed by atoms with van der Waals surface area (Å²) in [6.45, 7) is 11.0. The summed E-state index contributed by atoms with van der Waals surface area (Å²) in [6.07, 6.45) is 2.14. The number of ether oxygens (including phenoxy) is 2. The lowest BCUT2D eigenvalue weighted by Crippen LogP contribution is -2.40. The number of likely N-dealkylation sites (tertiary alicyclic amines) is 1. The van der Waals surface area contributed by atoms with E-state index in [4.69, 9.17) is 14.5 Å². The Morgan fingerprint density at radius 2 is 2.04 bits per heavy atom. The molecule has 1 N–H and O–H groups in total. The second kappa shape index (κ2) is 14.2. The van der Waals surface area contributed by atoms with Gasteiger partial charge in [0.25, 0.3) is 0 Å². The second-order valence-electron chi connectivity index (χ2n) is 6.39. The molecule has 1 unspecified atom stereocenters. The van der Waals surface area contributed by atoms with Crippen LogP contribution in [-0.4, -0.2) is 56.9 Å². The Labute approximate surface area is 175 Å². The number of rotatable bonds is 10. The smallest absolute Gasteiger partial charge is 0.193 e. The van der Waals surface area contributed by atoms with Crippen molar-refractivity contribution in [1.82, 2.24) is 10.2 Å². The first-order valence-electron chi connectivity index (χ1n) is 9.56. The molecule has 0 saturated carbocycles. The van der Waals surface area contributed by atoms with Gasteiger partial charge in [0.1, 0.15) is 0 Å². The van der Waals surface area contributed by atoms with Crippen molar-refractivity contribution in [3.63, 3.8) is 0 Å². The molecule has 1 aliphatic heterocycles. The largest absolute Gasteiger partial charge is 0.382 e. The highest BCUT2D eigenvalue weighted by atomic mass is 127. The van der Waals surface area contributed by atoms with Crippen molar-refractivity contribution < 1.29 is 9.47 Å². The van der Waals surface area contributed by atoms with Crippen LogP contribution in [0.2, 0.25) is 0 Å². The third-order valence-electron chi connectivity index (χ3n) is 4.30. The number of nitrogens with zero attached hydrogens (tertiary/aromatic N) is 2. The van der Waals surface area contributed by atoms with Gasteiger partial charge in [0.2, 0.25) is 0 Å². The van der Waals surface area contributed by atoms with Crippen LogP contribution in [-0.2, 0) is 16.1 Å². The maximum Gasteiger partial charge on any atom is 0.193 e. The van der Waals surface area contributed by atoms with Crippen LogP contribution in [0.4, 0.5) is 0 Å². The summed E-state index contributed by atoms with van der Waals surface area (Å²) in [5, 5.41) is 3.41. The maximum absolute atomic E-state index is 5.91. The van der Waals surface area contributed by atoms with Crippen molar-refractivity contribution in [1.29, 1.82) is 0 Å². The molecule has 1 fully saturated rings. The van der Waals surface area contributed by atoms with E-state index in [9.17, 15) is 0 Å². The van der Waals surface area contributed by atoms with Gasteiger partial charge in [-0.2, -0.15) is 0 Å². The fourth-order valence-electron chi connectivity index (χ4n) is 3.00. The molecule has 148 valence electrons. The summed E-state index contributed by atoms with van der Waals surface area (Å²) in [5.41, 5.74) is 1.24. The van der Waals surface area contributed by atoms with Crippen LogP contribution < -0.4 is 5.32 Å². The van der Waals surface area contributed by atoms with Crippen molar-refractivity contribution in [2.45, 2.75) is 33.3 Å². The van der Waals surface area contributed by atoms with Crippen LogP contribution in [0.3, 0.4) is 0 Å². The first-order chi connectivity index (χ1) is 12.3. The molecule has 0 aliphatic carbocycles. The molecule has 0 amide bonds. The standard InChI is InChI=1S/C20H33N3O2.HI/c1-3-21-20(22-12-8-14-24-4-2)23-13-11-19(15-23)17-25-16-18-9-6-5-7-10-18;/h5-7,9-10,19H,3-4,8,11-17H2,1-2H3,(H,21,22);1H. The molecular weight excluding hydrogens is 441 g/mol. The van der Waals surface area contributed by atoms with Crippen LogP contribution >= 0.6 is 24.0 Å². The lowest BCUT2D eigenvalue weighted by Gasteiger charge is -2.21. The first kappa shape index (κ1) is 23.2. The molecule has 0 radical (unpaired) electrons. The van der Waals surface area contributed by atoms with Gasteiger partial charge < -0.3 is 19.7 Å². The summed E-state index contributed by atoms with van der Waals surface area (Å²) in [4.78, 5) is 7.10. The molecule has 1 heterocycles. The molecule has 6 heteroatoms. The van der Waals surface area contributed by atoms with Gasteiger partial charge in [-0.05, 0) is 32.3 Å². The molecule has 0 bridgehead atoms. The minimum Gasteiger partial charge on any atom is -0.382 e. The van der Waals surface area contributed by atoms with Crippen molar-refractivity contribution in [2.75, 3.05) is 46.0 Å². The van der Waals surface area contributed by atoms with Gasteiger partial charge in [0, 0.05) is 45.3 Å². The van der Waals surface area contributed by atoms with E-state index in [1.807, 2.05) is 13.0 Å². The molecule has 1 aromatic carbocycles. The van der Waals surface area contributed by atoms with E-state index in [0.29, 0.717) is 12.5 Å². The monoisotopic (exact) mass is 475 g/mol. The van der Waals surface area contributed by atoms with Gasteiger partial charge in [0.15, 0.2) is 5.96 Å². The Balaban J connectivity index is 0.00000338. The molecule has 5 nitrogen and oxygen atoms in total. The summed E-state index contributed by atoms with van der Waals surface area (Å²) in [5.74, 6) is 1.61. The molecule has 0 spiro atoms. The predicted molar refractivity (Wildman–Crippen MR) is 118 cm³/mol. The average molecular weight is 475 g/mol. The van der Waals surface area contributed by atoms with Crippen molar-refractivity contribution in [3.05, 3.63) is 35.9 Å². The third kappa shape index (κ3) is 8.68. The lowest BCUT2D eigenvalue weighted by molar-refractivity contribution is 0.0906. The predicted octanol–water partition coefficient (Wildman–Crippen LogP) is 3.54. The topological polar surface area (TPSA) is 46.1 Å². The molecular formula is C20H34IN3O2. The van der Waals surface area contributed by atoms with Gasteiger partial charge >= 0.3 is 0 Å². The van der Waals surface area contributed by atoms with E-state index >= 15 is 0 Å². The molecule has 2 rings (SSSR count). The Morgan fingerprint density at radius 3 is 2.77 bits per heavy atom. The summed E-state index contributed by atoms with van der Waals surface area (Å²) >= 11 is 0. The zero-order chi connectivity index (χ0) is 17.7. The fraction of sp³-hybridized carbons (Fsp3) is 0.650. The van der Waals surface area contributed by atoms with E-state index in [0.717, 1.165) is 64.8 Å². The average Bonchev–Trinajstić information content (AvgIpc) is 3.10. The van der Waals surface area contributed by atoms with E-state index in [1.54, 1.807) is 0 Å². The third-order valence-corrected chi connectivity index (χ3v) is 4.30. The number of halogens is 1. The zero-order valence-electron chi connectivity index (χ0n) is 16.2. The van der Waals surface area contributed by atoms with Crippen LogP contribution in [0.1, 0.15) is 32.3 Å². The Hall–Kier alpha value is -0.860. The SMILES string of the molecule is CCNC(=NCCCOCC)N1CCC(COCc2ccccc2)C1.I. The Kier molecular flexibility index (Phi) is 12.7. The van der Waals surface area contributed by atoms with Gasteiger partial charge in [-0.25, -0.2) is 0 Å². The molecule has 1 aromatic rings. The Bertz CT molecular complexity index is 499. The van der Waals surface area contributed by atoms with E-state index in [2.05, 4.69) is 41.4 Å². The quantitative estimate of drug-likeness (QED) is 0.244. The van der Waals surface area contributed by atoms with Crippen LogP contribution in [0.25, 0.3) is 0 Å². The van der Waals surface area contributed by atoms with Gasteiger partial charge in [0.05, 0.1) is 13.2 Å². The van der Waals surface area contributed by atoms with Crippen LogP contribution in [0.5, 0.6) is 0 Å². The zero-order valence-corrected chi connectivity index (χ0v) is 18.5. The van der Waals surface area contributed by atoms with Gasteiger partial charge in [-0.1, -0.05) is 30.3 Å². The van der Waals surface area contributed by atoms with Crippen molar-refractivity contribution in [2.24, 2.45) is 10.9 Å². The maximum atomic E-state index is 5.91. The van der Waals surface area contributed by atoms with Crippen LogP contribution in [0, 0.1) is 5.92 Å². The highest BCUT2D eigenvalue weighted by Crippen LogP contribution is 2.17. The molecule has 26 heavy (non-hydrogen) atoms. The first-order valence-corrected chi connectivity index (χ1v) is 9.56. The second-order valence-corrected chi connectivity index (χ2v) is 6.39. The molecule has 1 atom stereocenters. The highest BCUT2D eigenvalue weighted by molar-refractivity contribution is 14.0. The number of hydrogen-bond acceptors (Lipinski definition) is 3. The number of nitrogens with one attached hydrogen (secondary N) is 1. The molecule has 0 aromatic heterocycles. The van der Waals surface area contributed by atoms with Crippen molar-refractivity contribution >= 4 is 29.9 Å². The van der Waals surface area contributed by atoms with E-state index < -0.39 is 0 Å².